The lowest BCUT2D eigenvalue weighted by molar-refractivity contribution is 0.100. The van der Waals surface area contributed by atoms with Crippen LogP contribution in [0, 0.1) is 0 Å². The van der Waals surface area contributed by atoms with E-state index in [1.807, 2.05) is 36.4 Å². The van der Waals surface area contributed by atoms with Crippen LogP contribution in [0.25, 0.3) is 22.2 Å². The number of morpholine rings is 1. The molecule has 2 aromatic carbocycles. The summed E-state index contributed by atoms with van der Waals surface area (Å²) in [6, 6.07) is 16.5. The van der Waals surface area contributed by atoms with Crippen molar-refractivity contribution in [2.45, 2.75) is 0 Å². The summed E-state index contributed by atoms with van der Waals surface area (Å²) in [5, 5.41) is 3.79. The molecule has 33 heavy (non-hydrogen) atoms. The summed E-state index contributed by atoms with van der Waals surface area (Å²) >= 11 is 0. The molecule has 1 aliphatic heterocycles. The number of hydrogen-bond donors (Lipinski definition) is 3. The molecule has 0 radical (unpaired) electrons. The van der Waals surface area contributed by atoms with Gasteiger partial charge in [-0.3, -0.25) is 9.59 Å². The third kappa shape index (κ3) is 4.16. The van der Waals surface area contributed by atoms with Gasteiger partial charge in [-0.2, -0.15) is 0 Å². The molecule has 1 saturated heterocycles. The number of nitrogens with zero attached hydrogens (tertiary/aromatic N) is 2. The number of aromatic nitrogens is 2. The van der Waals surface area contributed by atoms with Crippen LogP contribution >= 0.6 is 0 Å². The van der Waals surface area contributed by atoms with Crippen molar-refractivity contribution in [3.05, 3.63) is 78.1 Å². The number of fused-ring (bicyclic) bond motifs is 1. The Morgan fingerprint density at radius 1 is 1.03 bits per heavy atom. The summed E-state index contributed by atoms with van der Waals surface area (Å²) in [6.07, 6.45) is 3.38. The number of hydrogen-bond acceptors (Lipinski definition) is 5. The zero-order valence-corrected chi connectivity index (χ0v) is 17.9. The van der Waals surface area contributed by atoms with Crippen LogP contribution in [0.15, 0.2) is 67.0 Å². The molecule has 1 aliphatic rings. The van der Waals surface area contributed by atoms with Gasteiger partial charge in [-0.25, -0.2) is 4.98 Å². The van der Waals surface area contributed by atoms with E-state index in [4.69, 9.17) is 10.5 Å². The molecule has 8 heteroatoms. The highest BCUT2D eigenvalue weighted by Gasteiger charge is 2.21. The molecule has 0 bridgehead atoms. The second-order valence-corrected chi connectivity index (χ2v) is 7.84. The number of amides is 2. The zero-order valence-electron chi connectivity index (χ0n) is 17.9. The second-order valence-electron chi connectivity index (χ2n) is 7.84. The van der Waals surface area contributed by atoms with Gasteiger partial charge in [0.15, 0.2) is 0 Å². The monoisotopic (exact) mass is 441 g/mol. The maximum Gasteiger partial charge on any atom is 0.256 e. The Labute approximate surface area is 190 Å². The minimum atomic E-state index is -0.591. The van der Waals surface area contributed by atoms with E-state index in [1.165, 1.54) is 0 Å². The summed E-state index contributed by atoms with van der Waals surface area (Å²) in [4.78, 5) is 35.2. The van der Waals surface area contributed by atoms with Crippen molar-refractivity contribution in [3.8, 4) is 11.1 Å². The van der Waals surface area contributed by atoms with E-state index in [-0.39, 0.29) is 5.91 Å². The van der Waals surface area contributed by atoms with Crippen molar-refractivity contribution in [2.24, 2.45) is 5.73 Å². The van der Waals surface area contributed by atoms with Crippen LogP contribution in [0.4, 0.5) is 11.4 Å². The largest absolute Gasteiger partial charge is 0.378 e. The lowest BCUT2D eigenvalue weighted by Gasteiger charge is -2.29. The molecule has 166 valence electrons. The van der Waals surface area contributed by atoms with Crippen LogP contribution in [-0.4, -0.2) is 48.1 Å². The Kier molecular flexibility index (Phi) is 5.50. The van der Waals surface area contributed by atoms with Crippen LogP contribution in [0.5, 0.6) is 0 Å². The van der Waals surface area contributed by atoms with Gasteiger partial charge >= 0.3 is 0 Å². The van der Waals surface area contributed by atoms with E-state index >= 15 is 0 Å². The molecule has 5 rings (SSSR count). The number of carbonyl (C=O) groups is 2. The maximum absolute atomic E-state index is 13.3. The molecule has 4 aromatic rings. The van der Waals surface area contributed by atoms with Gasteiger partial charge < -0.3 is 25.7 Å². The van der Waals surface area contributed by atoms with Crippen molar-refractivity contribution in [1.82, 2.24) is 9.97 Å². The van der Waals surface area contributed by atoms with E-state index in [0.717, 1.165) is 35.4 Å². The van der Waals surface area contributed by atoms with Crippen LogP contribution in [0.3, 0.4) is 0 Å². The van der Waals surface area contributed by atoms with Crippen LogP contribution in [0.2, 0.25) is 0 Å². The number of anilines is 2. The molecule has 0 saturated carbocycles. The molecule has 0 spiro atoms. The van der Waals surface area contributed by atoms with E-state index in [9.17, 15) is 9.59 Å². The highest BCUT2D eigenvalue weighted by atomic mass is 16.5. The molecule has 0 atom stereocenters. The molecular weight excluding hydrogens is 418 g/mol. The van der Waals surface area contributed by atoms with E-state index < -0.39 is 5.91 Å². The topological polar surface area (TPSA) is 113 Å². The van der Waals surface area contributed by atoms with Gasteiger partial charge in [0.25, 0.3) is 5.91 Å². The maximum atomic E-state index is 13.3. The highest BCUT2D eigenvalue weighted by molar-refractivity contribution is 6.13. The first-order valence-electron chi connectivity index (χ1n) is 10.7. The Morgan fingerprint density at radius 2 is 1.82 bits per heavy atom. The molecule has 8 nitrogen and oxygen atoms in total. The lowest BCUT2D eigenvalue weighted by Crippen LogP contribution is -2.36. The van der Waals surface area contributed by atoms with Crippen LogP contribution < -0.4 is 16.0 Å². The Balaban J connectivity index is 1.54. The fourth-order valence-corrected chi connectivity index (χ4v) is 4.14. The summed E-state index contributed by atoms with van der Waals surface area (Å²) in [6.45, 7) is 2.89. The quantitative estimate of drug-likeness (QED) is 0.439. The van der Waals surface area contributed by atoms with E-state index in [1.54, 1.807) is 30.6 Å². The minimum Gasteiger partial charge on any atom is -0.378 e. The van der Waals surface area contributed by atoms with E-state index in [0.29, 0.717) is 35.6 Å². The summed E-state index contributed by atoms with van der Waals surface area (Å²) in [7, 11) is 0. The van der Waals surface area contributed by atoms with Gasteiger partial charge in [0.1, 0.15) is 5.65 Å². The third-order valence-electron chi connectivity index (χ3n) is 5.74. The molecule has 0 unspecified atom stereocenters. The standard InChI is InChI=1S/C25H23N5O3/c26-23(31)20-5-2-6-21(25(32)29-18-13-17-7-8-27-24(17)28-15-18)22(20)16-3-1-4-19(14-16)30-9-11-33-12-10-30/h1-8,13-15H,9-12H2,(H2,26,31)(H,27,28)(H,29,32). The number of primary amides is 1. The second kappa shape index (κ2) is 8.76. The predicted molar refractivity (Wildman–Crippen MR) is 127 cm³/mol. The van der Waals surface area contributed by atoms with Gasteiger partial charge in [0.2, 0.25) is 5.91 Å². The van der Waals surface area contributed by atoms with Gasteiger partial charge in [-0.1, -0.05) is 18.2 Å². The average Bonchev–Trinajstić information content (AvgIpc) is 3.32. The van der Waals surface area contributed by atoms with Crippen molar-refractivity contribution in [3.63, 3.8) is 0 Å². The molecule has 0 aliphatic carbocycles. The fourth-order valence-electron chi connectivity index (χ4n) is 4.14. The molecular formula is C25H23N5O3. The number of ether oxygens (including phenoxy) is 1. The minimum absolute atomic E-state index is 0.293. The average molecular weight is 441 g/mol. The third-order valence-corrected chi connectivity index (χ3v) is 5.74. The Morgan fingerprint density at radius 3 is 2.64 bits per heavy atom. The molecule has 3 heterocycles. The van der Waals surface area contributed by atoms with Crippen LogP contribution in [0.1, 0.15) is 20.7 Å². The number of nitrogens with two attached hydrogens (primary N) is 1. The van der Waals surface area contributed by atoms with Gasteiger partial charge in [-0.15, -0.1) is 0 Å². The smallest absolute Gasteiger partial charge is 0.256 e. The highest BCUT2D eigenvalue weighted by Crippen LogP contribution is 2.32. The summed E-state index contributed by atoms with van der Waals surface area (Å²) < 4.78 is 5.45. The first-order valence-corrected chi connectivity index (χ1v) is 10.7. The van der Waals surface area contributed by atoms with Crippen molar-refractivity contribution in [1.29, 1.82) is 0 Å². The summed E-state index contributed by atoms with van der Waals surface area (Å²) in [5.74, 6) is -0.937. The predicted octanol–water partition coefficient (Wildman–Crippen LogP) is 3.42. The Hall–Kier alpha value is -4.17. The number of pyridine rings is 1. The number of carbonyl (C=O) groups excluding carboxylic acids is 2. The molecule has 4 N–H and O–H groups in total. The number of benzene rings is 2. The first-order chi connectivity index (χ1) is 16.1. The SMILES string of the molecule is NC(=O)c1cccc(C(=O)Nc2cnc3[nH]ccc3c2)c1-c1cccc(N2CCOCC2)c1. The van der Waals surface area contributed by atoms with Gasteiger partial charge in [0, 0.05) is 47.1 Å². The molecule has 2 aromatic heterocycles. The number of nitrogens with one attached hydrogen (secondary N) is 2. The van der Waals surface area contributed by atoms with Gasteiger partial charge in [-0.05, 0) is 42.0 Å². The number of rotatable bonds is 5. The number of H-pyrrole nitrogens is 1. The number of aromatic amines is 1. The van der Waals surface area contributed by atoms with Gasteiger partial charge in [0.05, 0.1) is 25.1 Å². The lowest BCUT2D eigenvalue weighted by atomic mass is 9.93. The first kappa shape index (κ1) is 20.7. The molecule has 2 amide bonds. The summed E-state index contributed by atoms with van der Waals surface area (Å²) in [5.41, 5.74) is 9.91. The normalized spacial score (nSPS) is 13.8. The molecule has 1 fully saturated rings. The van der Waals surface area contributed by atoms with Crippen LogP contribution in [-0.2, 0) is 4.74 Å². The van der Waals surface area contributed by atoms with Crippen molar-refractivity contribution < 1.29 is 14.3 Å². The Bertz CT molecular complexity index is 1340. The van der Waals surface area contributed by atoms with Crippen molar-refractivity contribution in [2.75, 3.05) is 36.5 Å². The fraction of sp³-hybridized carbons (Fsp3) is 0.160. The van der Waals surface area contributed by atoms with E-state index in [2.05, 4.69) is 20.2 Å². The zero-order chi connectivity index (χ0) is 22.8. The van der Waals surface area contributed by atoms with Crippen molar-refractivity contribution >= 4 is 34.2 Å².